The maximum Gasteiger partial charge on any atom is 0.0433 e. The van der Waals surface area contributed by atoms with Crippen LogP contribution in [0, 0.1) is 5.92 Å². The van der Waals surface area contributed by atoms with E-state index in [0.717, 1.165) is 5.92 Å². The quantitative estimate of drug-likeness (QED) is 0.676. The van der Waals surface area contributed by atoms with Crippen LogP contribution in [0.5, 0.6) is 0 Å². The van der Waals surface area contributed by atoms with Gasteiger partial charge in [-0.15, -0.1) is 0 Å². The molecule has 0 amide bonds. The molecule has 1 aliphatic rings. The van der Waals surface area contributed by atoms with Crippen molar-refractivity contribution in [3.63, 3.8) is 0 Å². The third kappa shape index (κ3) is 5.88. The van der Waals surface area contributed by atoms with Gasteiger partial charge in [0.2, 0.25) is 0 Å². The van der Waals surface area contributed by atoms with Crippen molar-refractivity contribution in [3.8, 4) is 0 Å². The Morgan fingerprint density at radius 3 is 2.28 bits per heavy atom. The molecule has 1 N–H and O–H groups in total. The zero-order valence-corrected chi connectivity index (χ0v) is 16.0. The van der Waals surface area contributed by atoms with Gasteiger partial charge in [0.05, 0.1) is 0 Å². The Balaban J connectivity index is 1.43. The summed E-state index contributed by atoms with van der Waals surface area (Å²) in [5.74, 6) is 0.855. The first-order chi connectivity index (χ1) is 12.3. The lowest BCUT2D eigenvalue weighted by Gasteiger charge is -2.33. The number of likely N-dealkylation sites (tertiary alicyclic amines) is 1. The van der Waals surface area contributed by atoms with Crippen LogP contribution in [0.3, 0.4) is 0 Å². The van der Waals surface area contributed by atoms with Gasteiger partial charge in [0, 0.05) is 6.04 Å². The second-order valence-electron chi connectivity index (χ2n) is 7.05. The van der Waals surface area contributed by atoms with Crippen LogP contribution in [0.1, 0.15) is 36.4 Å². The van der Waals surface area contributed by atoms with E-state index >= 15 is 0 Å². The highest BCUT2D eigenvalue weighted by molar-refractivity contribution is 7.96. The van der Waals surface area contributed by atoms with Crippen molar-refractivity contribution < 1.29 is 0 Å². The molecule has 2 aromatic carbocycles. The molecule has 134 valence electrons. The van der Waals surface area contributed by atoms with Crippen molar-refractivity contribution in [2.75, 3.05) is 25.9 Å². The average molecular weight is 355 g/mol. The van der Waals surface area contributed by atoms with Crippen molar-refractivity contribution >= 4 is 11.9 Å². The van der Waals surface area contributed by atoms with Crippen molar-refractivity contribution in [2.24, 2.45) is 5.92 Å². The lowest BCUT2D eigenvalue weighted by molar-refractivity contribution is 0.178. The highest BCUT2D eigenvalue weighted by Crippen LogP contribution is 2.24. The largest absolute Gasteiger partial charge is 0.303 e. The summed E-state index contributed by atoms with van der Waals surface area (Å²) in [5.41, 5.74) is 2.89. The maximum absolute atomic E-state index is 3.57. The van der Waals surface area contributed by atoms with Crippen LogP contribution in [0.2, 0.25) is 0 Å². The lowest BCUT2D eigenvalue weighted by atomic mass is 9.90. The third-order valence-electron chi connectivity index (χ3n) is 5.27. The summed E-state index contributed by atoms with van der Waals surface area (Å²) in [6.07, 6.45) is 7.20. The summed E-state index contributed by atoms with van der Waals surface area (Å²) in [7, 11) is 0. The van der Waals surface area contributed by atoms with Crippen LogP contribution < -0.4 is 4.72 Å². The van der Waals surface area contributed by atoms with Crippen LogP contribution in [0.4, 0.5) is 0 Å². The molecule has 0 spiro atoms. The number of nitrogens with one attached hydrogen (secondary N) is 1. The molecular formula is C22H30N2S. The monoisotopic (exact) mass is 354 g/mol. The summed E-state index contributed by atoms with van der Waals surface area (Å²) in [6.45, 7) is 3.68. The Hall–Kier alpha value is -1.29. The van der Waals surface area contributed by atoms with Gasteiger partial charge in [-0.1, -0.05) is 72.6 Å². The number of rotatable bonds is 8. The molecule has 1 atom stereocenters. The minimum Gasteiger partial charge on any atom is -0.303 e. The van der Waals surface area contributed by atoms with E-state index in [1.165, 1.54) is 56.4 Å². The molecule has 2 aromatic rings. The molecule has 1 unspecified atom stereocenters. The molecule has 0 radical (unpaired) electrons. The first kappa shape index (κ1) is 18.5. The van der Waals surface area contributed by atoms with Gasteiger partial charge in [0.1, 0.15) is 0 Å². The van der Waals surface area contributed by atoms with E-state index in [1.807, 2.05) is 0 Å². The molecule has 1 aliphatic heterocycles. The molecule has 0 aliphatic carbocycles. The first-order valence-corrected chi connectivity index (χ1v) is 10.7. The Kier molecular flexibility index (Phi) is 7.40. The summed E-state index contributed by atoms with van der Waals surface area (Å²) in [5, 5.41) is 0. The van der Waals surface area contributed by atoms with E-state index in [9.17, 15) is 0 Å². The van der Waals surface area contributed by atoms with Gasteiger partial charge in [-0.3, -0.25) is 4.72 Å². The predicted molar refractivity (Wildman–Crippen MR) is 110 cm³/mol. The van der Waals surface area contributed by atoms with E-state index in [1.54, 1.807) is 11.9 Å². The second-order valence-corrected chi connectivity index (χ2v) is 7.69. The van der Waals surface area contributed by atoms with Gasteiger partial charge in [0.15, 0.2) is 0 Å². The van der Waals surface area contributed by atoms with Crippen molar-refractivity contribution in [2.45, 2.75) is 31.7 Å². The molecule has 3 heteroatoms. The summed E-state index contributed by atoms with van der Waals surface area (Å²) < 4.78 is 3.57. The topological polar surface area (TPSA) is 15.3 Å². The van der Waals surface area contributed by atoms with Gasteiger partial charge < -0.3 is 4.90 Å². The first-order valence-electron chi connectivity index (χ1n) is 9.45. The minimum absolute atomic E-state index is 0.443. The lowest BCUT2D eigenvalue weighted by Crippen LogP contribution is -2.36. The maximum atomic E-state index is 3.57. The van der Waals surface area contributed by atoms with Gasteiger partial charge in [0.25, 0.3) is 0 Å². The smallest absolute Gasteiger partial charge is 0.0433 e. The number of hydrogen-bond acceptors (Lipinski definition) is 3. The highest BCUT2D eigenvalue weighted by Gasteiger charge is 2.20. The number of hydrogen-bond donors (Lipinski definition) is 1. The molecule has 1 saturated heterocycles. The average Bonchev–Trinajstić information content (AvgIpc) is 2.68. The van der Waals surface area contributed by atoms with Crippen molar-refractivity contribution in [1.82, 2.24) is 9.62 Å². The fraction of sp³-hybridized carbons (Fsp3) is 0.455. The van der Waals surface area contributed by atoms with E-state index in [2.05, 4.69) is 76.5 Å². The van der Waals surface area contributed by atoms with E-state index < -0.39 is 0 Å². The summed E-state index contributed by atoms with van der Waals surface area (Å²) >= 11 is 1.72. The SMILES string of the molecule is CSNC(CCN1CCC(Cc2ccccc2)CC1)c1ccccc1. The molecular weight excluding hydrogens is 324 g/mol. The molecule has 1 fully saturated rings. The molecule has 0 bridgehead atoms. The Labute approximate surface area is 157 Å². The van der Waals surface area contributed by atoms with Crippen LogP contribution >= 0.6 is 11.9 Å². The van der Waals surface area contributed by atoms with Gasteiger partial charge in [-0.05, 0) is 68.6 Å². The standard InChI is InChI=1S/C22H30N2S/c1-25-23-22(21-10-6-3-7-11-21)14-17-24-15-12-20(13-16-24)18-19-8-4-2-5-9-19/h2-11,20,22-23H,12-18H2,1H3. The molecule has 0 saturated carbocycles. The van der Waals surface area contributed by atoms with E-state index in [-0.39, 0.29) is 0 Å². The minimum atomic E-state index is 0.443. The van der Waals surface area contributed by atoms with E-state index in [4.69, 9.17) is 0 Å². The molecule has 3 rings (SSSR count). The zero-order chi connectivity index (χ0) is 17.3. The van der Waals surface area contributed by atoms with Gasteiger partial charge in [-0.2, -0.15) is 0 Å². The summed E-state index contributed by atoms with van der Waals surface area (Å²) in [4.78, 5) is 2.65. The van der Waals surface area contributed by atoms with Gasteiger partial charge in [-0.25, -0.2) is 0 Å². The number of nitrogens with zero attached hydrogens (tertiary/aromatic N) is 1. The van der Waals surface area contributed by atoms with Crippen molar-refractivity contribution in [1.29, 1.82) is 0 Å². The molecule has 2 nitrogen and oxygen atoms in total. The zero-order valence-electron chi connectivity index (χ0n) is 15.2. The second kappa shape index (κ2) is 10.0. The Bertz CT molecular complexity index is 594. The highest BCUT2D eigenvalue weighted by atomic mass is 32.2. The molecule has 25 heavy (non-hydrogen) atoms. The fourth-order valence-corrected chi connectivity index (χ4v) is 4.33. The van der Waals surface area contributed by atoms with E-state index in [0.29, 0.717) is 6.04 Å². The predicted octanol–water partition coefficient (Wildman–Crippen LogP) is 4.94. The van der Waals surface area contributed by atoms with Crippen LogP contribution in [-0.2, 0) is 6.42 Å². The molecule has 0 aromatic heterocycles. The van der Waals surface area contributed by atoms with Crippen LogP contribution in [0.15, 0.2) is 60.7 Å². The Morgan fingerprint density at radius 2 is 1.64 bits per heavy atom. The van der Waals surface area contributed by atoms with Gasteiger partial charge >= 0.3 is 0 Å². The number of benzene rings is 2. The van der Waals surface area contributed by atoms with Crippen LogP contribution in [0.25, 0.3) is 0 Å². The third-order valence-corrected chi connectivity index (χ3v) is 5.79. The fourth-order valence-electron chi connectivity index (χ4n) is 3.79. The normalized spacial score (nSPS) is 17.5. The summed E-state index contributed by atoms with van der Waals surface area (Å²) in [6, 6.07) is 22.3. The Morgan fingerprint density at radius 1 is 1.00 bits per heavy atom. The van der Waals surface area contributed by atoms with Crippen LogP contribution in [-0.4, -0.2) is 30.8 Å². The molecule has 1 heterocycles. The number of piperidine rings is 1. The van der Waals surface area contributed by atoms with Crippen molar-refractivity contribution in [3.05, 3.63) is 71.8 Å².